The molecule has 2 aromatic heterocycles. The van der Waals surface area contributed by atoms with Crippen molar-refractivity contribution in [2.24, 2.45) is 5.73 Å². The smallest absolute Gasteiger partial charge is 0.260 e. The molecule has 0 saturated carbocycles. The molecule has 17 heavy (non-hydrogen) atoms. The van der Waals surface area contributed by atoms with E-state index in [2.05, 4.69) is 20.3 Å². The summed E-state index contributed by atoms with van der Waals surface area (Å²) in [6.07, 6.45) is 4.26. The van der Waals surface area contributed by atoms with Crippen LogP contribution in [0.3, 0.4) is 0 Å². The van der Waals surface area contributed by atoms with Gasteiger partial charge in [-0.3, -0.25) is 10.1 Å². The fraction of sp³-hybridized carbons (Fsp3) is 0.200. The van der Waals surface area contributed by atoms with Crippen molar-refractivity contribution in [3.63, 3.8) is 0 Å². The van der Waals surface area contributed by atoms with E-state index in [0.29, 0.717) is 10.7 Å². The summed E-state index contributed by atoms with van der Waals surface area (Å²) >= 11 is 1.34. The van der Waals surface area contributed by atoms with Crippen LogP contribution in [0.2, 0.25) is 0 Å². The Morgan fingerprint density at radius 1 is 1.47 bits per heavy atom. The van der Waals surface area contributed by atoms with Crippen molar-refractivity contribution in [2.75, 3.05) is 5.32 Å². The summed E-state index contributed by atoms with van der Waals surface area (Å²) in [5.74, 6) is -0.281. The Hall–Kier alpha value is -1.86. The van der Waals surface area contributed by atoms with Gasteiger partial charge in [-0.05, 0) is 6.92 Å². The predicted octanol–water partition coefficient (Wildman–Crippen LogP) is 1.21. The van der Waals surface area contributed by atoms with E-state index in [9.17, 15) is 4.79 Å². The molecule has 0 saturated heterocycles. The number of hydrogen-bond acceptors (Lipinski definition) is 6. The third-order valence-electron chi connectivity index (χ3n) is 2.03. The summed E-state index contributed by atoms with van der Waals surface area (Å²) in [6, 6.07) is -0.142. The maximum Gasteiger partial charge on any atom is 0.260 e. The lowest BCUT2D eigenvalue weighted by molar-refractivity contribution is 0.102. The number of nitrogens with two attached hydrogens (primary N) is 1. The van der Waals surface area contributed by atoms with Crippen LogP contribution in [0.5, 0.6) is 0 Å². The zero-order valence-electron chi connectivity index (χ0n) is 9.12. The lowest BCUT2D eigenvalue weighted by Gasteiger charge is -2.00. The molecule has 7 heteroatoms. The van der Waals surface area contributed by atoms with Crippen LogP contribution < -0.4 is 11.1 Å². The van der Waals surface area contributed by atoms with Gasteiger partial charge >= 0.3 is 0 Å². The molecular formula is C10H11N5OS. The number of hydrogen-bond donors (Lipinski definition) is 2. The van der Waals surface area contributed by atoms with Crippen molar-refractivity contribution in [2.45, 2.75) is 13.0 Å². The van der Waals surface area contributed by atoms with Crippen LogP contribution >= 0.6 is 11.3 Å². The van der Waals surface area contributed by atoms with E-state index in [4.69, 9.17) is 5.73 Å². The maximum atomic E-state index is 11.7. The minimum atomic E-state index is -0.281. The van der Waals surface area contributed by atoms with Crippen molar-refractivity contribution in [3.8, 4) is 0 Å². The normalized spacial score (nSPS) is 12.1. The fourth-order valence-electron chi connectivity index (χ4n) is 1.14. The first-order chi connectivity index (χ1) is 8.16. The molecule has 0 aliphatic rings. The van der Waals surface area contributed by atoms with Crippen LogP contribution in [0.4, 0.5) is 5.13 Å². The Kier molecular flexibility index (Phi) is 3.40. The third kappa shape index (κ3) is 2.83. The van der Waals surface area contributed by atoms with Crippen LogP contribution in [-0.4, -0.2) is 20.9 Å². The summed E-state index contributed by atoms with van der Waals surface area (Å²) < 4.78 is 0. The average Bonchev–Trinajstić information content (AvgIpc) is 2.79. The number of amides is 1. The van der Waals surface area contributed by atoms with E-state index in [0.717, 1.165) is 5.69 Å². The molecule has 0 fully saturated rings. The highest BCUT2D eigenvalue weighted by molar-refractivity contribution is 7.14. The van der Waals surface area contributed by atoms with Crippen LogP contribution in [0, 0.1) is 0 Å². The second kappa shape index (κ2) is 4.98. The van der Waals surface area contributed by atoms with Crippen LogP contribution in [-0.2, 0) is 0 Å². The van der Waals surface area contributed by atoms with E-state index in [-0.39, 0.29) is 11.9 Å². The fourth-order valence-corrected chi connectivity index (χ4v) is 1.95. The van der Waals surface area contributed by atoms with Gasteiger partial charge in [-0.25, -0.2) is 15.0 Å². The van der Waals surface area contributed by atoms with Gasteiger partial charge in [0.25, 0.3) is 5.91 Å². The molecule has 2 heterocycles. The Bertz CT molecular complexity index is 510. The number of carbonyl (C=O) groups excluding carboxylic acids is 1. The molecule has 3 N–H and O–H groups in total. The Labute approximate surface area is 102 Å². The summed E-state index contributed by atoms with van der Waals surface area (Å²) in [6.45, 7) is 1.84. The second-order valence-corrected chi connectivity index (χ2v) is 4.31. The molecule has 1 amide bonds. The molecule has 6 nitrogen and oxygen atoms in total. The van der Waals surface area contributed by atoms with E-state index in [1.54, 1.807) is 0 Å². The number of aromatic nitrogens is 3. The summed E-state index contributed by atoms with van der Waals surface area (Å²) in [4.78, 5) is 23.5. The zero-order chi connectivity index (χ0) is 12.3. The van der Waals surface area contributed by atoms with Gasteiger partial charge < -0.3 is 5.73 Å². The van der Waals surface area contributed by atoms with Crippen molar-refractivity contribution in [3.05, 3.63) is 35.4 Å². The number of nitrogens with zero attached hydrogens (tertiary/aromatic N) is 3. The molecule has 2 aromatic rings. The van der Waals surface area contributed by atoms with E-state index < -0.39 is 0 Å². The SMILES string of the molecule is CC(N)c1csc(NC(=O)c2cncnc2)n1. The van der Waals surface area contributed by atoms with Gasteiger partial charge in [-0.2, -0.15) is 0 Å². The monoisotopic (exact) mass is 249 g/mol. The van der Waals surface area contributed by atoms with Crippen LogP contribution in [0.1, 0.15) is 29.0 Å². The molecule has 1 atom stereocenters. The standard InChI is InChI=1S/C10H11N5OS/c1-6(11)8-4-17-10(14-8)15-9(16)7-2-12-5-13-3-7/h2-6H,11H2,1H3,(H,14,15,16). The molecule has 88 valence electrons. The molecule has 0 aliphatic heterocycles. The molecular weight excluding hydrogens is 238 g/mol. The van der Waals surface area contributed by atoms with E-state index >= 15 is 0 Å². The number of thiazole rings is 1. The molecule has 0 aromatic carbocycles. The lowest BCUT2D eigenvalue weighted by Crippen LogP contribution is -2.13. The number of nitrogens with one attached hydrogen (secondary N) is 1. The van der Waals surface area contributed by atoms with Crippen molar-refractivity contribution < 1.29 is 4.79 Å². The third-order valence-corrected chi connectivity index (χ3v) is 2.81. The Morgan fingerprint density at radius 3 is 2.76 bits per heavy atom. The minimum Gasteiger partial charge on any atom is -0.323 e. The predicted molar refractivity (Wildman–Crippen MR) is 64.7 cm³/mol. The average molecular weight is 249 g/mol. The minimum absolute atomic E-state index is 0.142. The molecule has 0 spiro atoms. The molecule has 2 rings (SSSR count). The zero-order valence-corrected chi connectivity index (χ0v) is 9.94. The van der Waals surface area contributed by atoms with Gasteiger partial charge in [0.05, 0.1) is 11.3 Å². The van der Waals surface area contributed by atoms with Gasteiger partial charge in [0.2, 0.25) is 0 Å². The first-order valence-electron chi connectivity index (χ1n) is 4.94. The van der Waals surface area contributed by atoms with Gasteiger partial charge in [-0.1, -0.05) is 0 Å². The second-order valence-electron chi connectivity index (χ2n) is 3.45. The van der Waals surface area contributed by atoms with E-state index in [1.807, 2.05) is 12.3 Å². The molecule has 0 bridgehead atoms. The first kappa shape index (κ1) is 11.6. The summed E-state index contributed by atoms with van der Waals surface area (Å²) in [7, 11) is 0. The lowest BCUT2D eigenvalue weighted by atomic mass is 10.3. The highest BCUT2D eigenvalue weighted by atomic mass is 32.1. The number of carbonyl (C=O) groups is 1. The van der Waals surface area contributed by atoms with Gasteiger partial charge in [-0.15, -0.1) is 11.3 Å². The van der Waals surface area contributed by atoms with Crippen molar-refractivity contribution in [1.82, 2.24) is 15.0 Å². The highest BCUT2D eigenvalue weighted by Gasteiger charge is 2.10. The molecule has 0 radical (unpaired) electrons. The van der Waals surface area contributed by atoms with E-state index in [1.165, 1.54) is 30.1 Å². The van der Waals surface area contributed by atoms with Crippen LogP contribution in [0.15, 0.2) is 24.1 Å². The highest BCUT2D eigenvalue weighted by Crippen LogP contribution is 2.19. The number of rotatable bonds is 3. The Balaban J connectivity index is 2.08. The van der Waals surface area contributed by atoms with Gasteiger partial charge in [0, 0.05) is 23.8 Å². The summed E-state index contributed by atoms with van der Waals surface area (Å²) in [5.41, 5.74) is 6.83. The topological polar surface area (TPSA) is 93.8 Å². The molecule has 0 aliphatic carbocycles. The number of anilines is 1. The van der Waals surface area contributed by atoms with Crippen molar-refractivity contribution >= 4 is 22.4 Å². The van der Waals surface area contributed by atoms with Crippen LogP contribution in [0.25, 0.3) is 0 Å². The first-order valence-corrected chi connectivity index (χ1v) is 5.82. The van der Waals surface area contributed by atoms with Gasteiger partial charge in [0.15, 0.2) is 5.13 Å². The largest absolute Gasteiger partial charge is 0.323 e. The Morgan fingerprint density at radius 2 is 2.18 bits per heavy atom. The van der Waals surface area contributed by atoms with Crippen molar-refractivity contribution in [1.29, 1.82) is 0 Å². The molecule has 1 unspecified atom stereocenters. The van der Waals surface area contributed by atoms with Gasteiger partial charge in [0.1, 0.15) is 6.33 Å². The quantitative estimate of drug-likeness (QED) is 0.852. The summed E-state index contributed by atoms with van der Waals surface area (Å²) in [5, 5.41) is 5.01. The maximum absolute atomic E-state index is 11.7.